The molecule has 1 fully saturated rings. The first-order valence-electron chi connectivity index (χ1n) is 6.55. The fourth-order valence-electron chi connectivity index (χ4n) is 2.52. The molecule has 1 N–H and O–H groups in total. The number of ether oxygens (including phenoxy) is 1. The summed E-state index contributed by atoms with van der Waals surface area (Å²) in [4.78, 5) is 4.12. The fourth-order valence-corrected chi connectivity index (χ4v) is 2.52. The molecule has 1 saturated heterocycles. The Labute approximate surface area is 107 Å². The van der Waals surface area contributed by atoms with Crippen LogP contribution in [0.25, 0.3) is 10.8 Å². The van der Waals surface area contributed by atoms with E-state index in [0.29, 0.717) is 12.1 Å². The highest BCUT2D eigenvalue weighted by molar-refractivity contribution is 5.82. The molecular formula is C15H18N2O. The van der Waals surface area contributed by atoms with E-state index < -0.39 is 0 Å². The molecule has 0 spiro atoms. The van der Waals surface area contributed by atoms with Gasteiger partial charge in [-0.25, -0.2) is 0 Å². The minimum Gasteiger partial charge on any atom is -0.490 e. The smallest absolute Gasteiger partial charge is 0.120 e. The van der Waals surface area contributed by atoms with E-state index >= 15 is 0 Å². The van der Waals surface area contributed by atoms with Crippen LogP contribution in [0.3, 0.4) is 0 Å². The number of hydrogen-bond donors (Lipinski definition) is 1. The summed E-state index contributed by atoms with van der Waals surface area (Å²) in [6.45, 7) is 3.25. The van der Waals surface area contributed by atoms with Crippen molar-refractivity contribution in [1.29, 1.82) is 0 Å². The Balaban J connectivity index is 1.78. The van der Waals surface area contributed by atoms with E-state index in [0.717, 1.165) is 30.5 Å². The zero-order valence-electron chi connectivity index (χ0n) is 10.6. The van der Waals surface area contributed by atoms with Gasteiger partial charge in [0.1, 0.15) is 11.9 Å². The van der Waals surface area contributed by atoms with Crippen LogP contribution in [0, 0.1) is 0 Å². The molecule has 2 atom stereocenters. The summed E-state index contributed by atoms with van der Waals surface area (Å²) < 4.78 is 6.07. The summed E-state index contributed by atoms with van der Waals surface area (Å²) in [6.07, 6.45) is 6.19. The lowest BCUT2D eigenvalue weighted by Gasteiger charge is -2.28. The lowest BCUT2D eigenvalue weighted by molar-refractivity contribution is 0.144. The van der Waals surface area contributed by atoms with Crippen LogP contribution in [0.5, 0.6) is 5.75 Å². The monoisotopic (exact) mass is 242 g/mol. The molecule has 0 radical (unpaired) electrons. The third kappa shape index (κ3) is 2.46. The van der Waals surface area contributed by atoms with E-state index in [4.69, 9.17) is 4.74 Å². The lowest BCUT2D eigenvalue weighted by Crippen LogP contribution is -2.40. The van der Waals surface area contributed by atoms with Gasteiger partial charge in [-0.2, -0.15) is 0 Å². The Morgan fingerprint density at radius 3 is 3.11 bits per heavy atom. The van der Waals surface area contributed by atoms with E-state index in [2.05, 4.69) is 29.4 Å². The first kappa shape index (κ1) is 11.5. The molecule has 94 valence electrons. The quantitative estimate of drug-likeness (QED) is 0.879. The van der Waals surface area contributed by atoms with Gasteiger partial charge in [0, 0.05) is 23.8 Å². The van der Waals surface area contributed by atoms with Crippen LogP contribution in [-0.4, -0.2) is 23.7 Å². The number of benzene rings is 1. The summed E-state index contributed by atoms with van der Waals surface area (Å²) in [5, 5.41) is 5.78. The Bertz CT molecular complexity index is 541. The Hall–Kier alpha value is -1.61. The largest absolute Gasteiger partial charge is 0.490 e. The van der Waals surface area contributed by atoms with Crippen molar-refractivity contribution in [2.75, 3.05) is 6.54 Å². The number of nitrogens with one attached hydrogen (secondary N) is 1. The van der Waals surface area contributed by atoms with Crippen LogP contribution in [0.15, 0.2) is 36.7 Å². The molecule has 1 aliphatic rings. The second kappa shape index (κ2) is 4.94. The molecular weight excluding hydrogens is 224 g/mol. The Kier molecular flexibility index (Phi) is 3.15. The molecule has 0 amide bonds. The molecule has 1 aromatic heterocycles. The predicted molar refractivity (Wildman–Crippen MR) is 72.9 cm³/mol. The van der Waals surface area contributed by atoms with Crippen molar-refractivity contribution in [3.05, 3.63) is 36.7 Å². The maximum Gasteiger partial charge on any atom is 0.120 e. The summed E-state index contributed by atoms with van der Waals surface area (Å²) in [7, 11) is 0. The third-order valence-corrected chi connectivity index (χ3v) is 3.49. The van der Waals surface area contributed by atoms with Crippen molar-refractivity contribution in [1.82, 2.24) is 10.3 Å². The van der Waals surface area contributed by atoms with Gasteiger partial charge in [0.05, 0.1) is 0 Å². The van der Waals surface area contributed by atoms with Crippen molar-refractivity contribution in [3.63, 3.8) is 0 Å². The van der Waals surface area contributed by atoms with Crippen molar-refractivity contribution >= 4 is 10.8 Å². The van der Waals surface area contributed by atoms with Crippen LogP contribution < -0.4 is 10.1 Å². The third-order valence-electron chi connectivity index (χ3n) is 3.49. The summed E-state index contributed by atoms with van der Waals surface area (Å²) in [5.41, 5.74) is 0. The van der Waals surface area contributed by atoms with Gasteiger partial charge in [0.15, 0.2) is 0 Å². The van der Waals surface area contributed by atoms with E-state index in [1.165, 1.54) is 5.39 Å². The highest BCUT2D eigenvalue weighted by Gasteiger charge is 2.19. The van der Waals surface area contributed by atoms with Crippen molar-refractivity contribution in [2.24, 2.45) is 0 Å². The summed E-state index contributed by atoms with van der Waals surface area (Å²) in [5.74, 6) is 0.966. The average Bonchev–Trinajstić information content (AvgIpc) is 2.39. The molecule has 1 aliphatic heterocycles. The molecule has 2 aromatic rings. The number of rotatable bonds is 2. The normalized spacial score (nSPS) is 24.1. The molecule has 0 aliphatic carbocycles. The first-order valence-corrected chi connectivity index (χ1v) is 6.55. The fraction of sp³-hybridized carbons (Fsp3) is 0.400. The molecule has 3 heteroatoms. The van der Waals surface area contributed by atoms with Gasteiger partial charge in [0.25, 0.3) is 0 Å². The van der Waals surface area contributed by atoms with Gasteiger partial charge < -0.3 is 10.1 Å². The Morgan fingerprint density at radius 2 is 2.22 bits per heavy atom. The molecule has 0 unspecified atom stereocenters. The molecule has 3 rings (SSSR count). The molecule has 3 nitrogen and oxygen atoms in total. The minimum atomic E-state index is 0.334. The molecule has 1 aromatic carbocycles. The maximum atomic E-state index is 6.07. The SMILES string of the molecule is C[C@@H]1C[C@H](Oc2ccc3cnccc3c2)CCN1. The maximum absolute atomic E-state index is 6.07. The summed E-state index contributed by atoms with van der Waals surface area (Å²) >= 11 is 0. The lowest BCUT2D eigenvalue weighted by atomic mass is 10.0. The predicted octanol–water partition coefficient (Wildman–Crippen LogP) is 2.75. The van der Waals surface area contributed by atoms with E-state index in [1.54, 1.807) is 0 Å². The molecule has 2 heterocycles. The molecule has 18 heavy (non-hydrogen) atoms. The second-order valence-electron chi connectivity index (χ2n) is 5.00. The zero-order valence-corrected chi connectivity index (χ0v) is 10.6. The number of pyridine rings is 1. The van der Waals surface area contributed by atoms with Crippen molar-refractivity contribution in [2.45, 2.75) is 31.9 Å². The van der Waals surface area contributed by atoms with Crippen LogP contribution in [0.2, 0.25) is 0 Å². The van der Waals surface area contributed by atoms with Gasteiger partial charge >= 0.3 is 0 Å². The van der Waals surface area contributed by atoms with Gasteiger partial charge in [-0.05, 0) is 56.0 Å². The first-order chi connectivity index (χ1) is 8.81. The minimum absolute atomic E-state index is 0.334. The van der Waals surface area contributed by atoms with Crippen molar-refractivity contribution < 1.29 is 4.74 Å². The van der Waals surface area contributed by atoms with Crippen LogP contribution in [0.1, 0.15) is 19.8 Å². The van der Waals surface area contributed by atoms with E-state index in [-0.39, 0.29) is 0 Å². The number of fused-ring (bicyclic) bond motifs is 1. The van der Waals surface area contributed by atoms with Crippen LogP contribution >= 0.6 is 0 Å². The number of piperidine rings is 1. The van der Waals surface area contributed by atoms with Crippen molar-refractivity contribution in [3.8, 4) is 5.75 Å². The standard InChI is InChI=1S/C15H18N2O/c1-11-8-15(5-7-17-11)18-14-3-2-13-10-16-6-4-12(13)9-14/h2-4,6,9-11,15,17H,5,7-8H2,1H3/t11-,15-/m1/s1. The average molecular weight is 242 g/mol. The molecule has 0 bridgehead atoms. The highest BCUT2D eigenvalue weighted by atomic mass is 16.5. The van der Waals surface area contributed by atoms with E-state index in [1.807, 2.05) is 24.5 Å². The van der Waals surface area contributed by atoms with Gasteiger partial charge in [0.2, 0.25) is 0 Å². The van der Waals surface area contributed by atoms with Gasteiger partial charge in [-0.3, -0.25) is 4.98 Å². The van der Waals surface area contributed by atoms with Crippen LogP contribution in [0.4, 0.5) is 0 Å². The Morgan fingerprint density at radius 1 is 1.28 bits per heavy atom. The number of hydrogen-bond acceptors (Lipinski definition) is 3. The number of nitrogens with zero attached hydrogens (tertiary/aromatic N) is 1. The van der Waals surface area contributed by atoms with Gasteiger partial charge in [-0.1, -0.05) is 0 Å². The molecule has 0 saturated carbocycles. The topological polar surface area (TPSA) is 34.1 Å². The number of aromatic nitrogens is 1. The zero-order chi connectivity index (χ0) is 12.4. The second-order valence-corrected chi connectivity index (χ2v) is 5.00. The summed E-state index contributed by atoms with van der Waals surface area (Å²) in [6, 6.07) is 8.78. The highest BCUT2D eigenvalue weighted by Crippen LogP contribution is 2.23. The van der Waals surface area contributed by atoms with Gasteiger partial charge in [-0.15, -0.1) is 0 Å². The van der Waals surface area contributed by atoms with Crippen LogP contribution in [-0.2, 0) is 0 Å². The van der Waals surface area contributed by atoms with E-state index in [9.17, 15) is 0 Å².